The first-order valence-corrected chi connectivity index (χ1v) is 7.55. The zero-order chi connectivity index (χ0) is 12.3. The molecule has 98 valence electrons. The van der Waals surface area contributed by atoms with E-state index in [0.29, 0.717) is 17.9 Å². The molecule has 3 unspecified atom stereocenters. The predicted octanol–water partition coefficient (Wildman–Crippen LogP) is 3.54. The Kier molecular flexibility index (Phi) is 4.61. The monoisotopic (exact) mass is 237 g/mol. The van der Waals surface area contributed by atoms with E-state index in [1.807, 2.05) is 0 Å². The molecule has 2 heteroatoms. The van der Waals surface area contributed by atoms with Crippen LogP contribution in [0.4, 0.5) is 0 Å². The van der Waals surface area contributed by atoms with Gasteiger partial charge >= 0.3 is 0 Å². The lowest BCUT2D eigenvalue weighted by Gasteiger charge is -2.40. The van der Waals surface area contributed by atoms with E-state index in [0.717, 1.165) is 18.9 Å². The van der Waals surface area contributed by atoms with Crippen LogP contribution in [0.3, 0.4) is 0 Å². The molecule has 2 aliphatic heterocycles. The minimum atomic E-state index is 0.513. The third kappa shape index (κ3) is 2.90. The van der Waals surface area contributed by atoms with Crippen molar-refractivity contribution in [2.24, 2.45) is 0 Å². The van der Waals surface area contributed by atoms with Crippen LogP contribution in [0, 0.1) is 0 Å². The van der Waals surface area contributed by atoms with Crippen LogP contribution in [0.5, 0.6) is 0 Å². The molecule has 0 aliphatic carbocycles. The number of hydrogen-bond donors (Lipinski definition) is 0. The van der Waals surface area contributed by atoms with Crippen LogP contribution in [0.25, 0.3) is 0 Å². The fraction of sp³-hybridized carbons (Fsp3) is 0.933. The Hall–Kier alpha value is -0.370. The van der Waals surface area contributed by atoms with Gasteiger partial charge in [0.25, 0.3) is 0 Å². The Balaban J connectivity index is 2.00. The summed E-state index contributed by atoms with van der Waals surface area (Å²) in [4.78, 5) is 14.4. The Morgan fingerprint density at radius 1 is 1.12 bits per heavy atom. The molecule has 0 aromatic rings. The maximum Gasteiger partial charge on any atom is 0.136 e. The SMILES string of the molecule is CCCCC(CCC)N1C2CCC1CC(=O)C2. The van der Waals surface area contributed by atoms with E-state index in [2.05, 4.69) is 18.7 Å². The standard InChI is InChI=1S/C15H27NO/c1-3-5-7-12(6-4-2)16-13-8-9-14(16)11-15(17)10-13/h12-14H,3-11H2,1-2H3. The lowest BCUT2D eigenvalue weighted by Crippen LogP contribution is -2.49. The second-order valence-corrected chi connectivity index (χ2v) is 5.86. The van der Waals surface area contributed by atoms with Crippen LogP contribution < -0.4 is 0 Å². The van der Waals surface area contributed by atoms with Gasteiger partial charge in [-0.3, -0.25) is 9.69 Å². The van der Waals surface area contributed by atoms with Crippen molar-refractivity contribution in [2.75, 3.05) is 0 Å². The van der Waals surface area contributed by atoms with Gasteiger partial charge in [0.15, 0.2) is 0 Å². The first-order valence-electron chi connectivity index (χ1n) is 7.55. The number of unbranched alkanes of at least 4 members (excludes halogenated alkanes) is 1. The number of nitrogens with zero attached hydrogens (tertiary/aromatic N) is 1. The van der Waals surface area contributed by atoms with Crippen LogP contribution in [0.2, 0.25) is 0 Å². The van der Waals surface area contributed by atoms with Gasteiger partial charge in [-0.2, -0.15) is 0 Å². The smallest absolute Gasteiger partial charge is 0.136 e. The van der Waals surface area contributed by atoms with Gasteiger partial charge in [-0.1, -0.05) is 33.1 Å². The molecule has 2 aliphatic rings. The molecule has 0 aromatic heterocycles. The Labute approximate surface area is 106 Å². The average Bonchev–Trinajstić information content (AvgIpc) is 2.57. The van der Waals surface area contributed by atoms with Gasteiger partial charge in [0, 0.05) is 31.0 Å². The molecule has 2 nitrogen and oxygen atoms in total. The molecule has 0 saturated carbocycles. The lowest BCUT2D eigenvalue weighted by molar-refractivity contribution is -0.124. The molecular weight excluding hydrogens is 210 g/mol. The van der Waals surface area contributed by atoms with E-state index in [4.69, 9.17) is 0 Å². The van der Waals surface area contributed by atoms with Crippen molar-refractivity contribution in [1.82, 2.24) is 4.90 Å². The van der Waals surface area contributed by atoms with Crippen LogP contribution in [-0.2, 0) is 4.79 Å². The summed E-state index contributed by atoms with van der Waals surface area (Å²) < 4.78 is 0. The number of carbonyl (C=O) groups is 1. The predicted molar refractivity (Wildman–Crippen MR) is 71.1 cm³/mol. The van der Waals surface area contributed by atoms with Crippen LogP contribution in [-0.4, -0.2) is 28.8 Å². The second kappa shape index (κ2) is 5.99. The lowest BCUT2D eigenvalue weighted by atomic mass is 9.94. The minimum Gasteiger partial charge on any atom is -0.300 e. The Morgan fingerprint density at radius 3 is 2.29 bits per heavy atom. The van der Waals surface area contributed by atoms with E-state index < -0.39 is 0 Å². The van der Waals surface area contributed by atoms with Gasteiger partial charge < -0.3 is 0 Å². The fourth-order valence-electron chi connectivity index (χ4n) is 3.82. The molecule has 0 N–H and O–H groups in total. The quantitative estimate of drug-likeness (QED) is 0.704. The van der Waals surface area contributed by atoms with Gasteiger partial charge in [-0.15, -0.1) is 0 Å². The summed E-state index contributed by atoms with van der Waals surface area (Å²) in [6.45, 7) is 4.56. The number of ketones is 1. The van der Waals surface area contributed by atoms with Crippen LogP contribution in [0.15, 0.2) is 0 Å². The molecule has 0 radical (unpaired) electrons. The molecular formula is C15H27NO. The largest absolute Gasteiger partial charge is 0.300 e. The summed E-state index contributed by atoms with van der Waals surface area (Å²) in [7, 11) is 0. The minimum absolute atomic E-state index is 0.513. The van der Waals surface area contributed by atoms with Gasteiger partial charge in [-0.25, -0.2) is 0 Å². The average molecular weight is 237 g/mol. The summed E-state index contributed by atoms with van der Waals surface area (Å²) in [5.74, 6) is 0.513. The summed E-state index contributed by atoms with van der Waals surface area (Å²) in [5, 5.41) is 0. The first-order chi connectivity index (χ1) is 8.26. The Bertz CT molecular complexity index is 248. The van der Waals surface area contributed by atoms with Crippen LogP contribution >= 0.6 is 0 Å². The molecule has 0 amide bonds. The van der Waals surface area contributed by atoms with Crippen molar-refractivity contribution in [2.45, 2.75) is 89.8 Å². The zero-order valence-corrected chi connectivity index (χ0v) is 11.5. The maximum atomic E-state index is 11.6. The van der Waals surface area contributed by atoms with Crippen molar-refractivity contribution in [1.29, 1.82) is 0 Å². The van der Waals surface area contributed by atoms with E-state index in [1.165, 1.54) is 44.9 Å². The van der Waals surface area contributed by atoms with E-state index in [9.17, 15) is 4.79 Å². The van der Waals surface area contributed by atoms with Gasteiger partial charge in [-0.05, 0) is 25.7 Å². The van der Waals surface area contributed by atoms with Crippen molar-refractivity contribution < 1.29 is 4.79 Å². The van der Waals surface area contributed by atoms with Crippen molar-refractivity contribution in [3.63, 3.8) is 0 Å². The van der Waals surface area contributed by atoms with Gasteiger partial charge in [0.2, 0.25) is 0 Å². The highest BCUT2D eigenvalue weighted by atomic mass is 16.1. The number of piperidine rings is 1. The zero-order valence-electron chi connectivity index (χ0n) is 11.5. The third-order valence-electron chi connectivity index (χ3n) is 4.54. The number of fused-ring (bicyclic) bond motifs is 2. The van der Waals surface area contributed by atoms with Crippen LogP contribution in [0.1, 0.15) is 71.6 Å². The molecule has 2 heterocycles. The highest BCUT2D eigenvalue weighted by Gasteiger charge is 2.42. The maximum absolute atomic E-state index is 11.6. The van der Waals surface area contributed by atoms with Gasteiger partial charge in [0.1, 0.15) is 5.78 Å². The number of hydrogen-bond acceptors (Lipinski definition) is 2. The number of carbonyl (C=O) groups excluding carboxylic acids is 1. The molecule has 2 rings (SSSR count). The fourth-order valence-corrected chi connectivity index (χ4v) is 3.82. The molecule has 0 aromatic carbocycles. The molecule has 3 atom stereocenters. The molecule has 2 bridgehead atoms. The number of Topliss-reactive ketones (excluding diaryl/α,β-unsaturated/α-hetero) is 1. The summed E-state index contributed by atoms with van der Waals surface area (Å²) >= 11 is 0. The molecule has 0 spiro atoms. The molecule has 17 heavy (non-hydrogen) atoms. The molecule has 2 saturated heterocycles. The summed E-state index contributed by atoms with van der Waals surface area (Å²) in [5.41, 5.74) is 0. The van der Waals surface area contributed by atoms with E-state index in [-0.39, 0.29) is 0 Å². The second-order valence-electron chi connectivity index (χ2n) is 5.86. The van der Waals surface area contributed by atoms with Gasteiger partial charge in [0.05, 0.1) is 0 Å². The number of rotatable bonds is 6. The summed E-state index contributed by atoms with van der Waals surface area (Å²) in [6, 6.07) is 1.94. The highest BCUT2D eigenvalue weighted by molar-refractivity contribution is 5.81. The Morgan fingerprint density at radius 2 is 1.76 bits per heavy atom. The normalized spacial score (nSPS) is 30.8. The van der Waals surface area contributed by atoms with Crippen molar-refractivity contribution >= 4 is 5.78 Å². The topological polar surface area (TPSA) is 20.3 Å². The highest BCUT2D eigenvalue weighted by Crippen LogP contribution is 2.37. The summed E-state index contributed by atoms with van der Waals surface area (Å²) in [6.07, 6.45) is 10.8. The molecule has 2 fully saturated rings. The van der Waals surface area contributed by atoms with Crippen molar-refractivity contribution in [3.05, 3.63) is 0 Å². The first kappa shape index (κ1) is 13.1. The van der Waals surface area contributed by atoms with Crippen molar-refractivity contribution in [3.8, 4) is 0 Å². The van der Waals surface area contributed by atoms with E-state index in [1.54, 1.807) is 0 Å². The van der Waals surface area contributed by atoms with E-state index >= 15 is 0 Å². The third-order valence-corrected chi connectivity index (χ3v) is 4.54.